The van der Waals surface area contributed by atoms with Crippen molar-refractivity contribution in [3.63, 3.8) is 0 Å². The molecule has 0 saturated carbocycles. The van der Waals surface area contributed by atoms with Crippen LogP contribution in [-0.4, -0.2) is 18.1 Å². The lowest BCUT2D eigenvalue weighted by atomic mass is 10.1. The molecule has 0 spiro atoms. The normalized spacial score (nSPS) is 11.3. The van der Waals surface area contributed by atoms with E-state index in [0.29, 0.717) is 0 Å². The number of benzene rings is 1. The first kappa shape index (κ1) is 15.8. The topological polar surface area (TPSA) is 62.1 Å². The highest BCUT2D eigenvalue weighted by atomic mass is 16.5. The first-order valence-electron chi connectivity index (χ1n) is 6.61. The predicted octanol–water partition coefficient (Wildman–Crippen LogP) is 2.91. The van der Waals surface area contributed by atoms with E-state index in [1.807, 2.05) is 58.0 Å². The van der Waals surface area contributed by atoms with Gasteiger partial charge in [-0.2, -0.15) is 5.26 Å². The van der Waals surface area contributed by atoms with Gasteiger partial charge < -0.3 is 10.1 Å². The second-order valence-electron chi connectivity index (χ2n) is 5.03. The first-order valence-corrected chi connectivity index (χ1v) is 6.61. The van der Waals surface area contributed by atoms with Gasteiger partial charge in [0.1, 0.15) is 17.4 Å². The third-order valence-corrected chi connectivity index (χ3v) is 2.35. The highest BCUT2D eigenvalue weighted by molar-refractivity contribution is 6.01. The molecule has 0 heterocycles. The molecule has 1 aromatic rings. The molecular formula is C16H20N2O2. The molecule has 4 nitrogen and oxygen atoms in total. The third kappa shape index (κ3) is 5.15. The summed E-state index contributed by atoms with van der Waals surface area (Å²) in [6.45, 7) is 7.62. The van der Waals surface area contributed by atoms with Crippen LogP contribution in [-0.2, 0) is 4.79 Å². The Kier molecular flexibility index (Phi) is 5.79. The summed E-state index contributed by atoms with van der Waals surface area (Å²) in [5.74, 6) is 0.410. The van der Waals surface area contributed by atoms with Gasteiger partial charge in [0.25, 0.3) is 5.91 Å². The zero-order chi connectivity index (χ0) is 15.1. The summed E-state index contributed by atoms with van der Waals surface area (Å²) in [5, 5.41) is 11.7. The van der Waals surface area contributed by atoms with E-state index in [1.54, 1.807) is 6.08 Å². The van der Waals surface area contributed by atoms with E-state index < -0.39 is 0 Å². The van der Waals surface area contributed by atoms with Gasteiger partial charge in [0.05, 0.1) is 6.10 Å². The van der Waals surface area contributed by atoms with E-state index in [1.165, 1.54) is 0 Å². The summed E-state index contributed by atoms with van der Waals surface area (Å²) in [6, 6.07) is 9.20. The van der Waals surface area contributed by atoms with E-state index in [4.69, 9.17) is 10.00 Å². The van der Waals surface area contributed by atoms with Crippen LogP contribution >= 0.6 is 0 Å². The average Bonchev–Trinajstić information content (AvgIpc) is 2.36. The van der Waals surface area contributed by atoms with E-state index in [-0.39, 0.29) is 23.6 Å². The van der Waals surface area contributed by atoms with E-state index in [2.05, 4.69) is 5.32 Å². The fourth-order valence-electron chi connectivity index (χ4n) is 1.57. The van der Waals surface area contributed by atoms with Gasteiger partial charge in [-0.05, 0) is 51.5 Å². The molecule has 0 unspecified atom stereocenters. The van der Waals surface area contributed by atoms with Crippen molar-refractivity contribution in [2.45, 2.75) is 39.8 Å². The molecule has 1 aromatic carbocycles. The van der Waals surface area contributed by atoms with Crippen molar-refractivity contribution < 1.29 is 9.53 Å². The number of amides is 1. The highest BCUT2D eigenvalue weighted by Gasteiger charge is 2.09. The lowest BCUT2D eigenvalue weighted by Crippen LogP contribution is -2.30. The largest absolute Gasteiger partial charge is 0.491 e. The summed E-state index contributed by atoms with van der Waals surface area (Å²) >= 11 is 0. The zero-order valence-corrected chi connectivity index (χ0v) is 12.3. The number of hydrogen-bond donors (Lipinski definition) is 1. The number of nitriles is 1. The van der Waals surface area contributed by atoms with Gasteiger partial charge in [0, 0.05) is 6.04 Å². The fourth-order valence-corrected chi connectivity index (χ4v) is 1.57. The molecule has 20 heavy (non-hydrogen) atoms. The molecule has 0 aliphatic carbocycles. The number of ether oxygens (including phenoxy) is 1. The Labute approximate surface area is 120 Å². The molecule has 106 valence electrons. The SMILES string of the molecule is CC(C)NC(=O)C(C#N)=Cc1ccc(OC(C)C)cc1. The molecule has 0 aromatic heterocycles. The van der Waals surface area contributed by atoms with Gasteiger partial charge in [0.15, 0.2) is 0 Å². The van der Waals surface area contributed by atoms with Gasteiger partial charge in [-0.3, -0.25) is 4.79 Å². The molecule has 0 fully saturated rings. The number of carbonyl (C=O) groups is 1. The minimum absolute atomic E-state index is 0.000989. The molecule has 4 heteroatoms. The Morgan fingerprint density at radius 2 is 1.85 bits per heavy atom. The number of carbonyl (C=O) groups excluding carboxylic acids is 1. The summed E-state index contributed by atoms with van der Waals surface area (Å²) in [5.41, 5.74) is 0.882. The summed E-state index contributed by atoms with van der Waals surface area (Å²) in [7, 11) is 0. The molecule has 1 N–H and O–H groups in total. The minimum Gasteiger partial charge on any atom is -0.491 e. The molecule has 0 atom stereocenters. The molecule has 1 amide bonds. The number of nitrogens with zero attached hydrogens (tertiary/aromatic N) is 1. The summed E-state index contributed by atoms with van der Waals surface area (Å²) < 4.78 is 5.54. The second kappa shape index (κ2) is 7.34. The zero-order valence-electron chi connectivity index (χ0n) is 12.3. The summed E-state index contributed by atoms with van der Waals surface area (Å²) in [4.78, 5) is 11.8. The Hall–Kier alpha value is -2.28. The average molecular weight is 272 g/mol. The highest BCUT2D eigenvalue weighted by Crippen LogP contribution is 2.15. The van der Waals surface area contributed by atoms with Crippen LogP contribution in [0.2, 0.25) is 0 Å². The lowest BCUT2D eigenvalue weighted by molar-refractivity contribution is -0.117. The molecule has 0 radical (unpaired) electrons. The quantitative estimate of drug-likeness (QED) is 0.662. The van der Waals surface area contributed by atoms with Crippen molar-refractivity contribution >= 4 is 12.0 Å². The van der Waals surface area contributed by atoms with Crippen LogP contribution in [0.3, 0.4) is 0 Å². The minimum atomic E-state index is -0.356. The van der Waals surface area contributed by atoms with Crippen LogP contribution in [0.4, 0.5) is 0 Å². The van der Waals surface area contributed by atoms with E-state index in [0.717, 1.165) is 11.3 Å². The van der Waals surface area contributed by atoms with Crippen molar-refractivity contribution in [3.05, 3.63) is 35.4 Å². The Balaban J connectivity index is 2.86. The van der Waals surface area contributed by atoms with E-state index in [9.17, 15) is 4.79 Å². The Morgan fingerprint density at radius 3 is 2.30 bits per heavy atom. The Morgan fingerprint density at radius 1 is 1.25 bits per heavy atom. The van der Waals surface area contributed by atoms with Crippen molar-refractivity contribution in [1.29, 1.82) is 5.26 Å². The smallest absolute Gasteiger partial charge is 0.262 e. The van der Waals surface area contributed by atoms with Gasteiger partial charge in [-0.15, -0.1) is 0 Å². The van der Waals surface area contributed by atoms with Gasteiger partial charge >= 0.3 is 0 Å². The fraction of sp³-hybridized carbons (Fsp3) is 0.375. The van der Waals surface area contributed by atoms with Crippen LogP contribution in [0, 0.1) is 11.3 Å². The standard InChI is InChI=1S/C16H20N2O2/c1-11(2)18-16(19)14(10-17)9-13-5-7-15(8-6-13)20-12(3)4/h5-9,11-12H,1-4H3,(H,18,19). The molecular weight excluding hydrogens is 252 g/mol. The maximum Gasteiger partial charge on any atom is 0.262 e. The van der Waals surface area contributed by atoms with Gasteiger partial charge in [-0.1, -0.05) is 12.1 Å². The van der Waals surface area contributed by atoms with Crippen molar-refractivity contribution in [2.75, 3.05) is 0 Å². The Bertz CT molecular complexity index is 522. The maximum atomic E-state index is 11.8. The van der Waals surface area contributed by atoms with Crippen molar-refractivity contribution in [3.8, 4) is 11.8 Å². The molecule has 1 rings (SSSR count). The van der Waals surface area contributed by atoms with Crippen molar-refractivity contribution in [1.82, 2.24) is 5.32 Å². The number of rotatable bonds is 5. The second-order valence-corrected chi connectivity index (χ2v) is 5.03. The van der Waals surface area contributed by atoms with Crippen LogP contribution in [0.25, 0.3) is 6.08 Å². The monoisotopic (exact) mass is 272 g/mol. The number of hydrogen-bond acceptors (Lipinski definition) is 3. The predicted molar refractivity (Wildman–Crippen MR) is 79.1 cm³/mol. The summed E-state index contributed by atoms with van der Waals surface area (Å²) in [6.07, 6.45) is 1.68. The van der Waals surface area contributed by atoms with Gasteiger partial charge in [-0.25, -0.2) is 0 Å². The van der Waals surface area contributed by atoms with Crippen LogP contribution in [0.15, 0.2) is 29.8 Å². The molecule has 0 aliphatic heterocycles. The number of nitrogens with one attached hydrogen (secondary N) is 1. The third-order valence-electron chi connectivity index (χ3n) is 2.35. The molecule has 0 bridgehead atoms. The first-order chi connectivity index (χ1) is 9.42. The van der Waals surface area contributed by atoms with Gasteiger partial charge in [0.2, 0.25) is 0 Å². The van der Waals surface area contributed by atoms with Crippen LogP contribution in [0.1, 0.15) is 33.3 Å². The molecule has 0 aliphatic rings. The lowest BCUT2D eigenvalue weighted by Gasteiger charge is -2.09. The maximum absolute atomic E-state index is 11.8. The molecule has 0 saturated heterocycles. The van der Waals surface area contributed by atoms with Crippen molar-refractivity contribution in [2.24, 2.45) is 0 Å². The van der Waals surface area contributed by atoms with Crippen LogP contribution in [0.5, 0.6) is 5.75 Å². The van der Waals surface area contributed by atoms with Crippen LogP contribution < -0.4 is 10.1 Å². The van der Waals surface area contributed by atoms with E-state index >= 15 is 0 Å².